The van der Waals surface area contributed by atoms with Gasteiger partial charge in [-0.2, -0.15) is 0 Å². The maximum Gasteiger partial charge on any atom is 0.121 e. The molecule has 1 unspecified atom stereocenters. The second-order valence-corrected chi connectivity index (χ2v) is 4.32. The molecule has 2 aromatic rings. The lowest BCUT2D eigenvalue weighted by Crippen LogP contribution is -2.12. The maximum absolute atomic E-state index is 6.05. The Morgan fingerprint density at radius 3 is 2.44 bits per heavy atom. The summed E-state index contributed by atoms with van der Waals surface area (Å²) in [5, 5.41) is 0.742. The lowest BCUT2D eigenvalue weighted by molar-refractivity contribution is 0.445. The number of aryl methyl sites for hydroxylation is 1. The Bertz CT molecular complexity index is 461. The van der Waals surface area contributed by atoms with Crippen LogP contribution in [0.25, 0.3) is 0 Å². The van der Waals surface area contributed by atoms with E-state index in [0.29, 0.717) is 0 Å². The summed E-state index contributed by atoms with van der Waals surface area (Å²) in [7, 11) is 0. The molecule has 2 N–H and O–H groups in total. The number of rotatable bonds is 3. The van der Waals surface area contributed by atoms with E-state index < -0.39 is 0 Å². The first kappa shape index (κ1) is 11.2. The molecule has 0 radical (unpaired) electrons. The van der Waals surface area contributed by atoms with E-state index in [0.717, 1.165) is 28.5 Å². The molecule has 3 heteroatoms. The Morgan fingerprint density at radius 2 is 1.88 bits per heavy atom. The summed E-state index contributed by atoms with van der Waals surface area (Å²) < 4.78 is 5.49. The van der Waals surface area contributed by atoms with Gasteiger partial charge in [0.05, 0.1) is 6.04 Å². The van der Waals surface area contributed by atoms with Crippen molar-refractivity contribution in [1.82, 2.24) is 0 Å². The zero-order valence-electron chi connectivity index (χ0n) is 9.11. The highest BCUT2D eigenvalue weighted by Crippen LogP contribution is 2.19. The highest BCUT2D eigenvalue weighted by atomic mass is 35.5. The summed E-state index contributed by atoms with van der Waals surface area (Å²) in [6.07, 6.45) is 0.754. The van der Waals surface area contributed by atoms with Crippen molar-refractivity contribution in [1.29, 1.82) is 0 Å². The van der Waals surface area contributed by atoms with Crippen molar-refractivity contribution in [3.8, 4) is 0 Å². The highest BCUT2D eigenvalue weighted by molar-refractivity contribution is 6.30. The monoisotopic (exact) mass is 235 g/mol. The summed E-state index contributed by atoms with van der Waals surface area (Å²) >= 11 is 5.82. The zero-order valence-corrected chi connectivity index (χ0v) is 9.87. The molecule has 0 saturated carbocycles. The molecule has 0 fully saturated rings. The fraction of sp³-hybridized carbons (Fsp3) is 0.231. The van der Waals surface area contributed by atoms with Gasteiger partial charge in [0, 0.05) is 5.02 Å². The molecular formula is C13H14ClNO. The third-order valence-corrected chi connectivity index (χ3v) is 2.75. The van der Waals surface area contributed by atoms with Crippen LogP contribution in [0.2, 0.25) is 5.02 Å². The molecular weight excluding hydrogens is 222 g/mol. The van der Waals surface area contributed by atoms with Crippen molar-refractivity contribution in [3.05, 3.63) is 58.5 Å². The van der Waals surface area contributed by atoms with Crippen molar-refractivity contribution in [2.75, 3.05) is 0 Å². The van der Waals surface area contributed by atoms with E-state index in [4.69, 9.17) is 21.8 Å². The molecule has 0 aliphatic heterocycles. The molecule has 0 amide bonds. The van der Waals surface area contributed by atoms with Gasteiger partial charge in [-0.25, -0.2) is 0 Å². The third kappa shape index (κ3) is 2.65. The first-order chi connectivity index (χ1) is 7.65. The van der Waals surface area contributed by atoms with Crippen molar-refractivity contribution in [3.63, 3.8) is 0 Å². The van der Waals surface area contributed by atoms with Gasteiger partial charge in [0.15, 0.2) is 0 Å². The van der Waals surface area contributed by atoms with Crippen LogP contribution in [0, 0.1) is 6.92 Å². The Hall–Kier alpha value is -1.25. The van der Waals surface area contributed by atoms with E-state index in [-0.39, 0.29) is 6.04 Å². The van der Waals surface area contributed by atoms with Crippen molar-refractivity contribution < 1.29 is 4.42 Å². The van der Waals surface area contributed by atoms with E-state index in [1.807, 2.05) is 43.3 Å². The van der Waals surface area contributed by atoms with E-state index in [1.165, 1.54) is 0 Å². The van der Waals surface area contributed by atoms with E-state index in [9.17, 15) is 0 Å². The molecule has 0 bridgehead atoms. The summed E-state index contributed by atoms with van der Waals surface area (Å²) in [4.78, 5) is 0. The minimum absolute atomic E-state index is 0.102. The normalized spacial score (nSPS) is 12.7. The predicted octanol–water partition coefficient (Wildman–Crippen LogP) is 3.48. The molecule has 1 aromatic carbocycles. The molecule has 2 rings (SSSR count). The average molecular weight is 236 g/mol. The van der Waals surface area contributed by atoms with Gasteiger partial charge >= 0.3 is 0 Å². The molecule has 1 heterocycles. The summed E-state index contributed by atoms with van der Waals surface area (Å²) in [5.41, 5.74) is 7.21. The molecule has 1 aromatic heterocycles. The van der Waals surface area contributed by atoms with Crippen LogP contribution in [0.4, 0.5) is 0 Å². The summed E-state index contributed by atoms with van der Waals surface area (Å²) in [6, 6.07) is 11.5. The van der Waals surface area contributed by atoms with Crippen LogP contribution in [-0.2, 0) is 6.42 Å². The third-order valence-electron chi connectivity index (χ3n) is 2.50. The van der Waals surface area contributed by atoms with Gasteiger partial charge in [-0.05, 0) is 43.2 Å². The summed E-state index contributed by atoms with van der Waals surface area (Å²) in [5.74, 6) is 1.72. The van der Waals surface area contributed by atoms with Gasteiger partial charge in [-0.3, -0.25) is 0 Å². The summed E-state index contributed by atoms with van der Waals surface area (Å²) in [6.45, 7) is 1.92. The number of benzene rings is 1. The van der Waals surface area contributed by atoms with E-state index in [1.54, 1.807) is 0 Å². The van der Waals surface area contributed by atoms with Crippen LogP contribution in [0.5, 0.6) is 0 Å². The minimum atomic E-state index is -0.102. The minimum Gasteiger partial charge on any atom is -0.465 e. The zero-order chi connectivity index (χ0) is 11.5. The van der Waals surface area contributed by atoms with Crippen molar-refractivity contribution in [2.45, 2.75) is 19.4 Å². The van der Waals surface area contributed by atoms with Gasteiger partial charge in [0.1, 0.15) is 11.5 Å². The number of furan rings is 1. The quantitative estimate of drug-likeness (QED) is 0.885. The van der Waals surface area contributed by atoms with Crippen LogP contribution in [-0.4, -0.2) is 0 Å². The second kappa shape index (κ2) is 4.73. The molecule has 0 spiro atoms. The van der Waals surface area contributed by atoms with E-state index in [2.05, 4.69) is 0 Å². The number of hydrogen-bond donors (Lipinski definition) is 1. The Kier molecular flexibility index (Phi) is 3.32. The molecule has 0 saturated heterocycles. The molecule has 2 nitrogen and oxygen atoms in total. The van der Waals surface area contributed by atoms with Crippen molar-refractivity contribution in [2.24, 2.45) is 5.73 Å². The SMILES string of the molecule is Cc1ccc(C(N)Cc2ccc(Cl)cc2)o1. The standard InChI is InChI=1S/C13H14ClNO/c1-9-2-7-13(16-9)12(15)8-10-3-5-11(14)6-4-10/h2-7,12H,8,15H2,1H3. The van der Waals surface area contributed by atoms with Gasteiger partial charge in [0.2, 0.25) is 0 Å². The lowest BCUT2D eigenvalue weighted by atomic mass is 10.1. The fourth-order valence-corrected chi connectivity index (χ4v) is 1.75. The first-order valence-corrected chi connectivity index (χ1v) is 5.59. The lowest BCUT2D eigenvalue weighted by Gasteiger charge is -2.08. The van der Waals surface area contributed by atoms with Crippen LogP contribution < -0.4 is 5.73 Å². The van der Waals surface area contributed by atoms with Crippen LogP contribution in [0.15, 0.2) is 40.8 Å². The second-order valence-electron chi connectivity index (χ2n) is 3.89. The largest absolute Gasteiger partial charge is 0.465 e. The van der Waals surface area contributed by atoms with Crippen LogP contribution >= 0.6 is 11.6 Å². The molecule has 84 valence electrons. The van der Waals surface area contributed by atoms with Crippen LogP contribution in [0.1, 0.15) is 23.1 Å². The first-order valence-electron chi connectivity index (χ1n) is 5.21. The Labute approximate surface area is 100 Å². The average Bonchev–Trinajstić information content (AvgIpc) is 2.68. The smallest absolute Gasteiger partial charge is 0.121 e. The topological polar surface area (TPSA) is 39.2 Å². The number of halogens is 1. The van der Waals surface area contributed by atoms with Gasteiger partial charge in [-0.1, -0.05) is 23.7 Å². The maximum atomic E-state index is 6.05. The Morgan fingerprint density at radius 1 is 1.19 bits per heavy atom. The Balaban J connectivity index is 2.07. The van der Waals surface area contributed by atoms with Gasteiger partial charge in [0.25, 0.3) is 0 Å². The number of nitrogens with two attached hydrogens (primary N) is 1. The van der Waals surface area contributed by atoms with Gasteiger partial charge in [-0.15, -0.1) is 0 Å². The number of hydrogen-bond acceptors (Lipinski definition) is 2. The predicted molar refractivity (Wildman–Crippen MR) is 65.5 cm³/mol. The van der Waals surface area contributed by atoms with Crippen LogP contribution in [0.3, 0.4) is 0 Å². The highest BCUT2D eigenvalue weighted by Gasteiger charge is 2.10. The fourth-order valence-electron chi connectivity index (χ4n) is 1.63. The van der Waals surface area contributed by atoms with E-state index >= 15 is 0 Å². The molecule has 1 atom stereocenters. The van der Waals surface area contributed by atoms with Gasteiger partial charge < -0.3 is 10.2 Å². The van der Waals surface area contributed by atoms with Crippen molar-refractivity contribution >= 4 is 11.6 Å². The molecule has 16 heavy (non-hydrogen) atoms. The molecule has 0 aliphatic rings. The molecule has 0 aliphatic carbocycles.